The monoisotopic (exact) mass is 378 g/mol. The van der Waals surface area contributed by atoms with Crippen LogP contribution in [0.5, 0.6) is 5.75 Å². The van der Waals surface area contributed by atoms with Gasteiger partial charge in [0.1, 0.15) is 18.4 Å². The van der Waals surface area contributed by atoms with Gasteiger partial charge in [-0.05, 0) is 47.0 Å². The number of ether oxygens (including phenoxy) is 2. The largest absolute Gasteiger partial charge is 0.497 e. The average molecular weight is 379 g/mol. The Hall–Kier alpha value is -3.13. The van der Waals surface area contributed by atoms with Crippen molar-refractivity contribution in [3.63, 3.8) is 0 Å². The maximum absolute atomic E-state index is 11.9. The van der Waals surface area contributed by atoms with Crippen molar-refractivity contribution in [2.75, 3.05) is 7.11 Å². The fraction of sp³-hybridized carbons (Fsp3) is 0.176. The molecule has 1 atom stereocenters. The van der Waals surface area contributed by atoms with Crippen LogP contribution in [-0.2, 0) is 16.1 Å². The van der Waals surface area contributed by atoms with Gasteiger partial charge in [-0.2, -0.15) is 0 Å². The van der Waals surface area contributed by atoms with Crippen molar-refractivity contribution in [1.29, 1.82) is 0 Å². The van der Waals surface area contributed by atoms with Gasteiger partial charge in [0.2, 0.25) is 5.24 Å². The van der Waals surface area contributed by atoms with E-state index in [1.165, 1.54) is 31.4 Å². The summed E-state index contributed by atoms with van der Waals surface area (Å²) >= 11 is 5.56. The predicted molar refractivity (Wildman–Crippen MR) is 93.0 cm³/mol. The second-order valence-electron chi connectivity index (χ2n) is 5.15. The molecule has 0 bridgehead atoms. The number of carbonyl (C=O) groups excluding carboxylic acids is 2. The van der Waals surface area contributed by atoms with Gasteiger partial charge in [-0.3, -0.25) is 14.9 Å². The molecule has 0 heterocycles. The number of nitrogens with zero attached hydrogens (tertiary/aromatic N) is 1. The minimum absolute atomic E-state index is 0.0643. The molecule has 1 N–H and O–H groups in total. The zero-order chi connectivity index (χ0) is 19.1. The minimum Gasteiger partial charge on any atom is -0.497 e. The molecule has 9 heteroatoms. The third-order valence-electron chi connectivity index (χ3n) is 3.46. The molecule has 2 aromatic carbocycles. The summed E-state index contributed by atoms with van der Waals surface area (Å²) in [5.41, 5.74) is 0.965. The van der Waals surface area contributed by atoms with E-state index in [1.807, 2.05) is 0 Å². The molecule has 0 saturated heterocycles. The van der Waals surface area contributed by atoms with E-state index in [0.717, 1.165) is 0 Å². The molecule has 0 aromatic heterocycles. The summed E-state index contributed by atoms with van der Waals surface area (Å²) in [6.07, 6.45) is -0.849. The minimum atomic E-state index is -1.08. The van der Waals surface area contributed by atoms with E-state index in [-0.39, 0.29) is 12.3 Å². The molecule has 0 saturated carbocycles. The number of alkyl carbamates (subject to hydrolysis) is 1. The van der Waals surface area contributed by atoms with Gasteiger partial charge in [0.25, 0.3) is 5.69 Å². The van der Waals surface area contributed by atoms with Gasteiger partial charge in [0, 0.05) is 12.1 Å². The Morgan fingerprint density at radius 2 is 1.77 bits per heavy atom. The molecule has 0 spiro atoms. The molecule has 0 radical (unpaired) electrons. The molecule has 2 rings (SSSR count). The van der Waals surface area contributed by atoms with Crippen LogP contribution < -0.4 is 10.1 Å². The predicted octanol–water partition coefficient (Wildman–Crippen LogP) is 3.34. The first kappa shape index (κ1) is 19.2. The maximum atomic E-state index is 11.9. The highest BCUT2D eigenvalue weighted by molar-refractivity contribution is 6.64. The van der Waals surface area contributed by atoms with E-state index in [9.17, 15) is 19.7 Å². The van der Waals surface area contributed by atoms with Crippen LogP contribution >= 0.6 is 11.6 Å². The first-order valence-corrected chi connectivity index (χ1v) is 7.78. The molecule has 0 aliphatic carbocycles. The zero-order valence-corrected chi connectivity index (χ0v) is 14.4. The Balaban J connectivity index is 1.96. The molecule has 1 amide bonds. The quantitative estimate of drug-likeness (QED) is 0.449. The molecule has 8 nitrogen and oxygen atoms in total. The standard InChI is InChI=1S/C17H15ClN2O6/c1-25-14-8-4-12(5-9-14)15(16(18)21)19-17(22)26-10-11-2-6-13(7-3-11)20(23)24/h2-9,15H,10H2,1H3,(H,19,22)/t15-/m1/s1. The van der Waals surface area contributed by atoms with E-state index in [1.54, 1.807) is 24.3 Å². The molecule has 2 aromatic rings. The van der Waals surface area contributed by atoms with Gasteiger partial charge < -0.3 is 14.8 Å². The summed E-state index contributed by atoms with van der Waals surface area (Å²) in [6, 6.07) is 10.9. The second kappa shape index (κ2) is 8.82. The van der Waals surface area contributed by atoms with Crippen molar-refractivity contribution in [3.8, 4) is 5.75 Å². The third-order valence-corrected chi connectivity index (χ3v) is 3.67. The summed E-state index contributed by atoms with van der Waals surface area (Å²) in [5.74, 6) is 0.593. The molecular weight excluding hydrogens is 364 g/mol. The summed E-state index contributed by atoms with van der Waals surface area (Å²) in [6.45, 7) is -0.115. The lowest BCUT2D eigenvalue weighted by molar-refractivity contribution is -0.384. The van der Waals surface area contributed by atoms with Crippen molar-refractivity contribution < 1.29 is 24.0 Å². The third kappa shape index (κ3) is 5.18. The number of hydrogen-bond donors (Lipinski definition) is 1. The summed E-state index contributed by atoms with van der Waals surface area (Å²) in [4.78, 5) is 33.6. The highest BCUT2D eigenvalue weighted by Gasteiger charge is 2.22. The lowest BCUT2D eigenvalue weighted by atomic mass is 10.1. The Morgan fingerprint density at radius 3 is 2.27 bits per heavy atom. The number of rotatable bonds is 7. The van der Waals surface area contributed by atoms with E-state index in [4.69, 9.17) is 21.1 Å². The summed E-state index contributed by atoms with van der Waals surface area (Å²) < 4.78 is 10.0. The van der Waals surface area contributed by atoms with Crippen LogP contribution in [0.2, 0.25) is 0 Å². The maximum Gasteiger partial charge on any atom is 0.408 e. The van der Waals surface area contributed by atoms with Crippen LogP contribution in [0.3, 0.4) is 0 Å². The van der Waals surface area contributed by atoms with Gasteiger partial charge >= 0.3 is 6.09 Å². The zero-order valence-electron chi connectivity index (χ0n) is 13.7. The number of hydrogen-bond acceptors (Lipinski definition) is 6. The first-order chi connectivity index (χ1) is 12.4. The lowest BCUT2D eigenvalue weighted by Gasteiger charge is -2.15. The van der Waals surface area contributed by atoms with Crippen LogP contribution in [0, 0.1) is 10.1 Å². The van der Waals surface area contributed by atoms with E-state index >= 15 is 0 Å². The van der Waals surface area contributed by atoms with Crippen LogP contribution in [0.15, 0.2) is 48.5 Å². The molecular formula is C17H15ClN2O6. The molecule has 26 heavy (non-hydrogen) atoms. The van der Waals surface area contributed by atoms with Gasteiger partial charge in [0.05, 0.1) is 12.0 Å². The SMILES string of the molecule is COc1ccc([C@@H](NC(=O)OCc2ccc([N+](=O)[O-])cc2)C(=O)Cl)cc1. The number of carbonyl (C=O) groups is 2. The fourth-order valence-electron chi connectivity index (χ4n) is 2.09. The first-order valence-electron chi connectivity index (χ1n) is 7.40. The van der Waals surface area contributed by atoms with Gasteiger partial charge in [-0.15, -0.1) is 0 Å². The number of amides is 1. The summed E-state index contributed by atoms with van der Waals surface area (Å²) in [5, 5.41) is 12.2. The molecule has 0 aliphatic rings. The van der Waals surface area contributed by atoms with Crippen LogP contribution in [-0.4, -0.2) is 23.4 Å². The van der Waals surface area contributed by atoms with E-state index < -0.39 is 22.3 Å². The number of nitro groups is 1. The van der Waals surface area contributed by atoms with Crippen LogP contribution in [0.4, 0.5) is 10.5 Å². The van der Waals surface area contributed by atoms with E-state index in [2.05, 4.69) is 5.32 Å². The lowest BCUT2D eigenvalue weighted by Crippen LogP contribution is -2.32. The Labute approximate surface area is 153 Å². The number of methoxy groups -OCH3 is 1. The normalized spacial score (nSPS) is 11.3. The second-order valence-corrected chi connectivity index (χ2v) is 5.53. The molecule has 0 unspecified atom stereocenters. The number of halogens is 1. The topological polar surface area (TPSA) is 108 Å². The van der Waals surface area contributed by atoms with Gasteiger partial charge in [-0.1, -0.05) is 12.1 Å². The van der Waals surface area contributed by atoms with Crippen molar-refractivity contribution in [3.05, 3.63) is 69.8 Å². The highest BCUT2D eigenvalue weighted by Crippen LogP contribution is 2.20. The number of nitrogens with one attached hydrogen (secondary N) is 1. The fourth-order valence-corrected chi connectivity index (χ4v) is 2.27. The molecule has 0 fully saturated rings. The van der Waals surface area contributed by atoms with Crippen molar-refractivity contribution >= 4 is 28.6 Å². The van der Waals surface area contributed by atoms with Crippen molar-refractivity contribution in [1.82, 2.24) is 5.32 Å². The van der Waals surface area contributed by atoms with Crippen molar-refractivity contribution in [2.24, 2.45) is 0 Å². The number of benzene rings is 2. The molecule has 0 aliphatic heterocycles. The smallest absolute Gasteiger partial charge is 0.408 e. The van der Waals surface area contributed by atoms with Crippen LogP contribution in [0.1, 0.15) is 17.2 Å². The number of nitro benzene ring substituents is 1. The molecule has 136 valence electrons. The van der Waals surface area contributed by atoms with E-state index in [0.29, 0.717) is 16.9 Å². The van der Waals surface area contributed by atoms with Crippen molar-refractivity contribution in [2.45, 2.75) is 12.6 Å². The average Bonchev–Trinajstić information content (AvgIpc) is 2.64. The Bertz CT molecular complexity index is 792. The Kier molecular flexibility index (Phi) is 6.51. The Morgan fingerprint density at radius 1 is 1.15 bits per heavy atom. The number of non-ortho nitro benzene ring substituents is 1. The highest BCUT2D eigenvalue weighted by atomic mass is 35.5. The van der Waals surface area contributed by atoms with Crippen LogP contribution in [0.25, 0.3) is 0 Å². The van der Waals surface area contributed by atoms with Gasteiger partial charge in [0.15, 0.2) is 0 Å². The summed E-state index contributed by atoms with van der Waals surface area (Å²) in [7, 11) is 1.51. The van der Waals surface area contributed by atoms with Gasteiger partial charge in [-0.25, -0.2) is 4.79 Å².